The van der Waals surface area contributed by atoms with Crippen molar-refractivity contribution < 1.29 is 8.42 Å². The average Bonchev–Trinajstić information content (AvgIpc) is 2.62. The van der Waals surface area contributed by atoms with E-state index in [2.05, 4.69) is 10.4 Å². The number of hydrogen-bond acceptors (Lipinski definition) is 4. The molecule has 0 aromatic carbocycles. The Kier molecular flexibility index (Phi) is 5.25. The second kappa shape index (κ2) is 5.97. The van der Waals surface area contributed by atoms with Crippen LogP contribution in [0.2, 0.25) is 5.02 Å². The summed E-state index contributed by atoms with van der Waals surface area (Å²) in [6, 6.07) is -0.00440. The van der Waals surface area contributed by atoms with Crippen molar-refractivity contribution in [3.63, 3.8) is 0 Å². The van der Waals surface area contributed by atoms with E-state index in [0.29, 0.717) is 13.1 Å². The summed E-state index contributed by atoms with van der Waals surface area (Å²) in [7, 11) is -2.02. The molecule has 1 aliphatic rings. The monoisotopic (exact) mass is 328 g/mol. The largest absolute Gasteiger partial charge is 0.311 e. The van der Waals surface area contributed by atoms with Gasteiger partial charge in [0.25, 0.3) is 10.0 Å². The Balaban J connectivity index is 0.00000180. The van der Waals surface area contributed by atoms with Crippen molar-refractivity contribution in [3.05, 3.63) is 11.2 Å². The third-order valence-electron chi connectivity index (χ3n) is 3.37. The predicted molar refractivity (Wildman–Crippen MR) is 76.3 cm³/mol. The van der Waals surface area contributed by atoms with Gasteiger partial charge in [0, 0.05) is 32.2 Å². The van der Waals surface area contributed by atoms with Crippen LogP contribution < -0.4 is 5.32 Å². The molecule has 1 aromatic heterocycles. The Morgan fingerprint density at radius 2 is 2.11 bits per heavy atom. The molecule has 0 spiro atoms. The maximum absolute atomic E-state index is 12.6. The minimum atomic E-state index is -3.60. The lowest BCUT2D eigenvalue weighted by atomic mass is 10.1. The number of aryl methyl sites for hydroxylation is 1. The van der Waals surface area contributed by atoms with Gasteiger partial charge < -0.3 is 5.32 Å². The quantitative estimate of drug-likeness (QED) is 0.874. The molecule has 0 saturated carbocycles. The second-order valence-electron chi connectivity index (χ2n) is 4.52. The zero-order valence-electron chi connectivity index (χ0n) is 11.0. The molecule has 0 bridgehead atoms. The topological polar surface area (TPSA) is 67.2 Å². The van der Waals surface area contributed by atoms with E-state index in [1.54, 1.807) is 7.05 Å². The number of rotatable bonds is 2. The maximum Gasteiger partial charge on any atom is 0.262 e. The van der Waals surface area contributed by atoms with Crippen molar-refractivity contribution in [1.29, 1.82) is 0 Å². The average molecular weight is 329 g/mol. The summed E-state index contributed by atoms with van der Waals surface area (Å²) in [5, 5.41) is 7.35. The predicted octanol–water partition coefficient (Wildman–Crippen LogP) is 0.866. The minimum absolute atomic E-state index is 0. The van der Waals surface area contributed by atoms with Crippen molar-refractivity contribution in [2.24, 2.45) is 7.05 Å². The summed E-state index contributed by atoms with van der Waals surface area (Å²) >= 11 is 5.93. The first-order valence-electron chi connectivity index (χ1n) is 5.78. The summed E-state index contributed by atoms with van der Waals surface area (Å²) < 4.78 is 28.0. The normalized spacial score (nSPS) is 25.1. The molecule has 2 heterocycles. The fraction of sp³-hybridized carbons (Fsp3) is 0.700. The van der Waals surface area contributed by atoms with E-state index in [-0.39, 0.29) is 34.5 Å². The molecule has 19 heavy (non-hydrogen) atoms. The fourth-order valence-corrected chi connectivity index (χ4v) is 4.48. The highest BCUT2D eigenvalue weighted by Gasteiger charge is 2.37. The number of aromatic nitrogens is 2. The lowest BCUT2D eigenvalue weighted by Gasteiger charge is -2.37. The number of nitrogens with zero attached hydrogens (tertiary/aromatic N) is 3. The van der Waals surface area contributed by atoms with Gasteiger partial charge in [-0.1, -0.05) is 11.6 Å². The van der Waals surface area contributed by atoms with Crippen LogP contribution in [-0.2, 0) is 17.1 Å². The van der Waals surface area contributed by atoms with Crippen LogP contribution in [-0.4, -0.2) is 47.7 Å². The Morgan fingerprint density at radius 1 is 1.47 bits per heavy atom. The van der Waals surface area contributed by atoms with Gasteiger partial charge in [0.2, 0.25) is 0 Å². The van der Waals surface area contributed by atoms with Crippen LogP contribution in [0.5, 0.6) is 0 Å². The van der Waals surface area contributed by atoms with Crippen LogP contribution in [0.15, 0.2) is 11.2 Å². The van der Waals surface area contributed by atoms with Crippen LogP contribution in [0.3, 0.4) is 0 Å². The van der Waals surface area contributed by atoms with Crippen LogP contribution >= 0.6 is 24.0 Å². The first-order valence-corrected chi connectivity index (χ1v) is 7.60. The van der Waals surface area contributed by atoms with E-state index in [1.807, 2.05) is 13.8 Å². The van der Waals surface area contributed by atoms with Crippen molar-refractivity contribution >= 4 is 34.0 Å². The summed E-state index contributed by atoms with van der Waals surface area (Å²) in [6.07, 6.45) is 1.35. The maximum atomic E-state index is 12.6. The number of halogens is 2. The summed E-state index contributed by atoms with van der Waals surface area (Å²) in [4.78, 5) is 0. The van der Waals surface area contributed by atoms with E-state index >= 15 is 0 Å². The lowest BCUT2D eigenvalue weighted by Crippen LogP contribution is -2.57. The van der Waals surface area contributed by atoms with Crippen LogP contribution in [0.1, 0.15) is 13.8 Å². The highest BCUT2D eigenvalue weighted by atomic mass is 35.5. The third-order valence-corrected chi connectivity index (χ3v) is 5.87. The standard InChI is InChI=1S/C10H17ClN4O2S.ClH/c1-7-8(2)15(5-4-12-7)18(16,17)10-9(11)6-13-14(10)3;/h6-8,12H,4-5H2,1-3H3;1H. The van der Waals surface area contributed by atoms with Crippen molar-refractivity contribution in [2.75, 3.05) is 13.1 Å². The van der Waals surface area contributed by atoms with E-state index in [1.165, 1.54) is 15.2 Å². The van der Waals surface area contributed by atoms with Crippen molar-refractivity contribution in [2.45, 2.75) is 31.0 Å². The van der Waals surface area contributed by atoms with Gasteiger partial charge in [-0.05, 0) is 13.8 Å². The fourth-order valence-electron chi connectivity index (χ4n) is 2.17. The highest BCUT2D eigenvalue weighted by Crippen LogP contribution is 2.26. The van der Waals surface area contributed by atoms with E-state index < -0.39 is 10.0 Å². The molecule has 2 unspecified atom stereocenters. The second-order valence-corrected chi connectivity index (χ2v) is 6.73. The summed E-state index contributed by atoms with van der Waals surface area (Å²) in [6.45, 7) is 4.94. The van der Waals surface area contributed by atoms with Crippen LogP contribution in [0.4, 0.5) is 0 Å². The Labute approximate surface area is 124 Å². The molecule has 9 heteroatoms. The molecule has 1 saturated heterocycles. The van der Waals surface area contributed by atoms with Gasteiger partial charge in [0.15, 0.2) is 5.03 Å². The smallest absolute Gasteiger partial charge is 0.262 e. The van der Waals surface area contributed by atoms with E-state index in [4.69, 9.17) is 11.6 Å². The van der Waals surface area contributed by atoms with Gasteiger partial charge in [0.1, 0.15) is 0 Å². The summed E-state index contributed by atoms with van der Waals surface area (Å²) in [5.74, 6) is 0. The number of nitrogens with one attached hydrogen (secondary N) is 1. The van der Waals surface area contributed by atoms with Gasteiger partial charge >= 0.3 is 0 Å². The number of sulfonamides is 1. The van der Waals surface area contributed by atoms with Gasteiger partial charge in [-0.15, -0.1) is 12.4 Å². The highest BCUT2D eigenvalue weighted by molar-refractivity contribution is 7.89. The van der Waals surface area contributed by atoms with Crippen LogP contribution in [0, 0.1) is 0 Å². The van der Waals surface area contributed by atoms with Gasteiger partial charge in [-0.25, -0.2) is 8.42 Å². The number of piperazine rings is 1. The molecule has 0 aliphatic carbocycles. The lowest BCUT2D eigenvalue weighted by molar-refractivity contribution is 0.231. The molecule has 110 valence electrons. The molecule has 1 fully saturated rings. The van der Waals surface area contributed by atoms with Crippen LogP contribution in [0.25, 0.3) is 0 Å². The molecule has 0 radical (unpaired) electrons. The molecule has 2 rings (SSSR count). The molecule has 1 aromatic rings. The summed E-state index contributed by atoms with van der Waals surface area (Å²) in [5.41, 5.74) is 0. The van der Waals surface area contributed by atoms with E-state index in [0.717, 1.165) is 0 Å². The van der Waals surface area contributed by atoms with Gasteiger partial charge in [0.05, 0.1) is 11.2 Å². The minimum Gasteiger partial charge on any atom is -0.311 e. The first kappa shape index (κ1) is 16.7. The molecule has 1 aliphatic heterocycles. The Bertz CT molecular complexity index is 526. The third kappa shape index (κ3) is 2.90. The zero-order chi connectivity index (χ0) is 13.5. The van der Waals surface area contributed by atoms with Gasteiger partial charge in [-0.3, -0.25) is 4.68 Å². The molecule has 1 N–H and O–H groups in total. The molecule has 0 amide bonds. The van der Waals surface area contributed by atoms with Crippen molar-refractivity contribution in [1.82, 2.24) is 19.4 Å². The van der Waals surface area contributed by atoms with E-state index in [9.17, 15) is 8.42 Å². The first-order chi connectivity index (χ1) is 8.35. The molecular formula is C10H18Cl2N4O2S. The molecule has 2 atom stereocenters. The molecule has 6 nitrogen and oxygen atoms in total. The SMILES string of the molecule is CC1NCCN(S(=O)(=O)c2c(Cl)cnn2C)C1C.Cl. The molecular weight excluding hydrogens is 311 g/mol. The van der Waals surface area contributed by atoms with Gasteiger partial charge in [-0.2, -0.15) is 9.40 Å². The van der Waals surface area contributed by atoms with Crippen molar-refractivity contribution in [3.8, 4) is 0 Å². The Hall–Kier alpha value is -0.340. The number of hydrogen-bond donors (Lipinski definition) is 1. The Morgan fingerprint density at radius 3 is 2.63 bits per heavy atom. The zero-order valence-corrected chi connectivity index (χ0v) is 13.4.